The average Bonchev–Trinajstić information content (AvgIpc) is 2.12. The zero-order valence-corrected chi connectivity index (χ0v) is 8.46. The SMILES string of the molecule is CCN1CCC(NC2COC2)CC1. The molecule has 3 heteroatoms. The first-order valence-corrected chi connectivity index (χ1v) is 5.44. The Kier molecular flexibility index (Phi) is 3.19. The fourth-order valence-electron chi connectivity index (χ4n) is 2.08. The van der Waals surface area contributed by atoms with Crippen LogP contribution >= 0.6 is 0 Å². The highest BCUT2D eigenvalue weighted by Crippen LogP contribution is 2.12. The van der Waals surface area contributed by atoms with E-state index in [1.54, 1.807) is 0 Å². The largest absolute Gasteiger partial charge is 0.378 e. The van der Waals surface area contributed by atoms with Gasteiger partial charge in [0, 0.05) is 6.04 Å². The Labute approximate surface area is 80.4 Å². The van der Waals surface area contributed by atoms with Crippen LogP contribution in [-0.4, -0.2) is 49.8 Å². The zero-order valence-electron chi connectivity index (χ0n) is 8.46. The maximum absolute atomic E-state index is 5.15. The second-order valence-corrected chi connectivity index (χ2v) is 4.11. The van der Waals surface area contributed by atoms with E-state index in [4.69, 9.17) is 4.74 Å². The van der Waals surface area contributed by atoms with E-state index in [9.17, 15) is 0 Å². The molecule has 2 heterocycles. The molecule has 2 aliphatic heterocycles. The van der Waals surface area contributed by atoms with E-state index < -0.39 is 0 Å². The Morgan fingerprint density at radius 1 is 1.23 bits per heavy atom. The Morgan fingerprint density at radius 2 is 1.92 bits per heavy atom. The molecule has 0 aromatic heterocycles. The van der Waals surface area contributed by atoms with Gasteiger partial charge in [-0.25, -0.2) is 0 Å². The molecule has 0 atom stereocenters. The van der Waals surface area contributed by atoms with Gasteiger partial charge in [-0.05, 0) is 32.5 Å². The van der Waals surface area contributed by atoms with Gasteiger partial charge in [-0.3, -0.25) is 0 Å². The molecule has 0 aliphatic carbocycles. The molecule has 0 bridgehead atoms. The first-order chi connectivity index (χ1) is 6.38. The molecule has 2 fully saturated rings. The second-order valence-electron chi connectivity index (χ2n) is 4.11. The lowest BCUT2D eigenvalue weighted by molar-refractivity contribution is -0.0134. The van der Waals surface area contributed by atoms with Crippen molar-refractivity contribution < 1.29 is 4.74 Å². The van der Waals surface area contributed by atoms with Crippen LogP contribution < -0.4 is 5.32 Å². The number of likely N-dealkylation sites (tertiary alicyclic amines) is 1. The number of hydrogen-bond donors (Lipinski definition) is 1. The lowest BCUT2D eigenvalue weighted by atomic mass is 10.0. The fourth-order valence-corrected chi connectivity index (χ4v) is 2.08. The van der Waals surface area contributed by atoms with Crippen molar-refractivity contribution in [1.82, 2.24) is 10.2 Å². The van der Waals surface area contributed by atoms with E-state index in [-0.39, 0.29) is 0 Å². The standard InChI is InChI=1S/C10H20N2O/c1-2-12-5-3-9(4-6-12)11-10-7-13-8-10/h9-11H,2-8H2,1H3. The molecule has 2 aliphatic rings. The first-order valence-electron chi connectivity index (χ1n) is 5.44. The average molecular weight is 184 g/mol. The molecular formula is C10H20N2O. The third-order valence-electron chi connectivity index (χ3n) is 3.14. The predicted molar refractivity (Wildman–Crippen MR) is 52.9 cm³/mol. The molecule has 13 heavy (non-hydrogen) atoms. The highest BCUT2D eigenvalue weighted by Gasteiger charge is 2.24. The topological polar surface area (TPSA) is 24.5 Å². The van der Waals surface area contributed by atoms with Crippen molar-refractivity contribution in [3.63, 3.8) is 0 Å². The minimum Gasteiger partial charge on any atom is -0.378 e. The fraction of sp³-hybridized carbons (Fsp3) is 1.00. The van der Waals surface area contributed by atoms with Crippen LogP contribution in [0, 0.1) is 0 Å². The van der Waals surface area contributed by atoms with Gasteiger partial charge in [0.2, 0.25) is 0 Å². The Hall–Kier alpha value is -0.120. The minimum absolute atomic E-state index is 0.651. The normalized spacial score (nSPS) is 27.5. The number of piperidine rings is 1. The van der Waals surface area contributed by atoms with Crippen molar-refractivity contribution in [2.75, 3.05) is 32.8 Å². The Morgan fingerprint density at radius 3 is 2.38 bits per heavy atom. The van der Waals surface area contributed by atoms with E-state index in [0.29, 0.717) is 6.04 Å². The molecule has 76 valence electrons. The van der Waals surface area contributed by atoms with Gasteiger partial charge in [0.05, 0.1) is 19.3 Å². The van der Waals surface area contributed by atoms with E-state index in [2.05, 4.69) is 17.1 Å². The second kappa shape index (κ2) is 4.40. The molecule has 1 N–H and O–H groups in total. The van der Waals surface area contributed by atoms with E-state index in [1.165, 1.54) is 32.5 Å². The van der Waals surface area contributed by atoms with Crippen molar-refractivity contribution in [3.8, 4) is 0 Å². The highest BCUT2D eigenvalue weighted by molar-refractivity contribution is 4.82. The lowest BCUT2D eigenvalue weighted by Gasteiger charge is -2.36. The van der Waals surface area contributed by atoms with Gasteiger partial charge in [-0.15, -0.1) is 0 Å². The molecule has 0 amide bonds. The molecule has 0 aromatic rings. The van der Waals surface area contributed by atoms with Gasteiger partial charge in [0.25, 0.3) is 0 Å². The summed E-state index contributed by atoms with van der Waals surface area (Å²) in [5, 5.41) is 3.65. The number of rotatable bonds is 3. The molecule has 2 saturated heterocycles. The molecule has 0 spiro atoms. The van der Waals surface area contributed by atoms with Crippen LogP contribution in [0.2, 0.25) is 0 Å². The van der Waals surface area contributed by atoms with Crippen molar-refractivity contribution in [1.29, 1.82) is 0 Å². The van der Waals surface area contributed by atoms with Gasteiger partial charge in [-0.1, -0.05) is 6.92 Å². The third kappa shape index (κ3) is 2.42. The van der Waals surface area contributed by atoms with Gasteiger partial charge in [-0.2, -0.15) is 0 Å². The van der Waals surface area contributed by atoms with Crippen LogP contribution in [0.1, 0.15) is 19.8 Å². The van der Waals surface area contributed by atoms with Crippen molar-refractivity contribution >= 4 is 0 Å². The summed E-state index contributed by atoms with van der Waals surface area (Å²) in [5.41, 5.74) is 0. The summed E-state index contributed by atoms with van der Waals surface area (Å²) < 4.78 is 5.15. The smallest absolute Gasteiger partial charge is 0.0643 e. The summed E-state index contributed by atoms with van der Waals surface area (Å²) in [6, 6.07) is 1.40. The molecule has 2 rings (SSSR count). The van der Waals surface area contributed by atoms with E-state index in [1.807, 2.05) is 0 Å². The van der Waals surface area contributed by atoms with Crippen LogP contribution in [0.15, 0.2) is 0 Å². The summed E-state index contributed by atoms with van der Waals surface area (Å²) in [6.45, 7) is 7.83. The van der Waals surface area contributed by atoms with Gasteiger partial charge >= 0.3 is 0 Å². The van der Waals surface area contributed by atoms with Crippen molar-refractivity contribution in [3.05, 3.63) is 0 Å². The van der Waals surface area contributed by atoms with Crippen LogP contribution in [-0.2, 0) is 4.74 Å². The van der Waals surface area contributed by atoms with Gasteiger partial charge in [0.1, 0.15) is 0 Å². The molecular weight excluding hydrogens is 164 g/mol. The predicted octanol–water partition coefficient (Wildman–Crippen LogP) is 0.459. The third-order valence-corrected chi connectivity index (χ3v) is 3.14. The summed E-state index contributed by atoms with van der Waals surface area (Å²) in [4.78, 5) is 2.52. The summed E-state index contributed by atoms with van der Waals surface area (Å²) in [6.07, 6.45) is 2.62. The highest BCUT2D eigenvalue weighted by atomic mass is 16.5. The number of nitrogens with one attached hydrogen (secondary N) is 1. The number of nitrogens with zero attached hydrogens (tertiary/aromatic N) is 1. The van der Waals surface area contributed by atoms with Gasteiger partial charge in [0.15, 0.2) is 0 Å². The number of ether oxygens (including phenoxy) is 1. The molecule has 0 saturated carbocycles. The summed E-state index contributed by atoms with van der Waals surface area (Å²) >= 11 is 0. The summed E-state index contributed by atoms with van der Waals surface area (Å²) in [7, 11) is 0. The van der Waals surface area contributed by atoms with Crippen LogP contribution in [0.25, 0.3) is 0 Å². The van der Waals surface area contributed by atoms with E-state index >= 15 is 0 Å². The molecule has 0 aromatic carbocycles. The Bertz CT molecular complexity index is 151. The maximum Gasteiger partial charge on any atom is 0.0643 e. The van der Waals surface area contributed by atoms with E-state index in [0.717, 1.165) is 19.3 Å². The van der Waals surface area contributed by atoms with Crippen molar-refractivity contribution in [2.45, 2.75) is 31.8 Å². The summed E-state index contributed by atoms with van der Waals surface area (Å²) in [5.74, 6) is 0. The monoisotopic (exact) mass is 184 g/mol. The number of hydrogen-bond acceptors (Lipinski definition) is 3. The molecule has 3 nitrogen and oxygen atoms in total. The van der Waals surface area contributed by atoms with Crippen molar-refractivity contribution in [2.24, 2.45) is 0 Å². The first kappa shape index (κ1) is 9.44. The quantitative estimate of drug-likeness (QED) is 0.689. The molecule has 0 radical (unpaired) electrons. The van der Waals surface area contributed by atoms with Gasteiger partial charge < -0.3 is 15.0 Å². The van der Waals surface area contributed by atoms with Crippen LogP contribution in [0.5, 0.6) is 0 Å². The van der Waals surface area contributed by atoms with Crippen LogP contribution in [0.3, 0.4) is 0 Å². The van der Waals surface area contributed by atoms with Crippen LogP contribution in [0.4, 0.5) is 0 Å². The lowest BCUT2D eigenvalue weighted by Crippen LogP contribution is -2.53. The minimum atomic E-state index is 0.651. The zero-order chi connectivity index (χ0) is 9.10. The maximum atomic E-state index is 5.15. The Balaban J connectivity index is 1.65. The molecule has 0 unspecified atom stereocenters.